The molecule has 4 aromatic rings. The van der Waals surface area contributed by atoms with E-state index in [0.717, 1.165) is 58.7 Å². The van der Waals surface area contributed by atoms with E-state index >= 15 is 0 Å². The van der Waals surface area contributed by atoms with Gasteiger partial charge < -0.3 is 4.57 Å². The van der Waals surface area contributed by atoms with Crippen molar-refractivity contribution in [2.75, 3.05) is 0 Å². The molecule has 4 atom stereocenters. The highest BCUT2D eigenvalue weighted by Crippen LogP contribution is 2.51. The Bertz CT molecular complexity index is 1360. The zero-order valence-corrected chi connectivity index (χ0v) is 22.2. The highest BCUT2D eigenvalue weighted by atomic mass is 19.1. The quantitative estimate of drug-likeness (QED) is 0.155. The van der Waals surface area contributed by atoms with E-state index in [9.17, 15) is 9.18 Å². The van der Waals surface area contributed by atoms with E-state index < -0.39 is 0 Å². The fourth-order valence-electron chi connectivity index (χ4n) is 7.46. The molecular formula is C35H38FNO. The number of unbranched alkanes of at least 4 members (excludes halogenated alkanes) is 1. The monoisotopic (exact) mass is 507 g/mol. The van der Waals surface area contributed by atoms with E-state index in [2.05, 4.69) is 30.3 Å². The number of halogens is 1. The van der Waals surface area contributed by atoms with Gasteiger partial charge in [-0.3, -0.25) is 4.79 Å². The molecule has 196 valence electrons. The van der Waals surface area contributed by atoms with Gasteiger partial charge in [0, 0.05) is 23.9 Å². The van der Waals surface area contributed by atoms with Gasteiger partial charge in [-0.1, -0.05) is 55.3 Å². The standard InChI is InChI=1S/C35H38FNO/c36-31-15-17-32(18-16-31)37-21-20-27-11-14-30(24-34(27)37)35(38)9-5-4-8-26-22-28-12-13-29(23-26)33(28)19-10-25-6-2-1-3-7-25/h1-3,6-7,11,14-18,20-21,24,26,28-29,33H,4-5,8-10,12-13,19,22-23H2/t26-,28-,29+,33?. The average molecular weight is 508 g/mol. The van der Waals surface area contributed by atoms with E-state index in [1.165, 1.54) is 62.6 Å². The smallest absolute Gasteiger partial charge is 0.162 e. The number of Topliss-reactive ketones (excluding diaryl/α,β-unsaturated/α-hetero) is 1. The maximum Gasteiger partial charge on any atom is 0.162 e. The van der Waals surface area contributed by atoms with Gasteiger partial charge in [0.25, 0.3) is 0 Å². The van der Waals surface area contributed by atoms with Crippen LogP contribution in [0.1, 0.15) is 73.7 Å². The van der Waals surface area contributed by atoms with Crippen LogP contribution in [0.5, 0.6) is 0 Å². The summed E-state index contributed by atoms with van der Waals surface area (Å²) < 4.78 is 15.4. The van der Waals surface area contributed by atoms with Crippen LogP contribution in [0, 0.1) is 29.5 Å². The van der Waals surface area contributed by atoms with Crippen LogP contribution in [0.25, 0.3) is 16.6 Å². The highest BCUT2D eigenvalue weighted by molar-refractivity contribution is 5.99. The van der Waals surface area contributed by atoms with Gasteiger partial charge in [0.05, 0.1) is 5.52 Å². The molecule has 38 heavy (non-hydrogen) atoms. The van der Waals surface area contributed by atoms with Crippen molar-refractivity contribution in [3.63, 3.8) is 0 Å². The lowest BCUT2D eigenvalue weighted by Gasteiger charge is -2.35. The Kier molecular flexibility index (Phi) is 7.44. The molecule has 0 aliphatic heterocycles. The van der Waals surface area contributed by atoms with Crippen molar-refractivity contribution < 1.29 is 9.18 Å². The van der Waals surface area contributed by atoms with Crippen LogP contribution in [0.2, 0.25) is 0 Å². The molecule has 0 amide bonds. The molecule has 3 heteroatoms. The number of hydrogen-bond acceptors (Lipinski definition) is 1. The normalized spacial score (nSPS) is 22.7. The number of rotatable bonds is 10. The minimum Gasteiger partial charge on any atom is -0.317 e. The summed E-state index contributed by atoms with van der Waals surface area (Å²) in [5.74, 6) is 3.61. The molecule has 0 spiro atoms. The Labute approximate surface area is 225 Å². The fourth-order valence-corrected chi connectivity index (χ4v) is 7.46. The molecule has 2 aliphatic carbocycles. The number of benzene rings is 3. The van der Waals surface area contributed by atoms with Crippen molar-refractivity contribution in [2.45, 2.75) is 64.2 Å². The molecular weight excluding hydrogens is 469 g/mol. The third kappa shape index (κ3) is 5.48. The van der Waals surface area contributed by atoms with Crippen molar-refractivity contribution in [3.8, 4) is 5.69 Å². The first-order valence-corrected chi connectivity index (χ1v) is 14.6. The van der Waals surface area contributed by atoms with Gasteiger partial charge in [-0.05, 0) is 116 Å². The first-order valence-electron chi connectivity index (χ1n) is 14.6. The van der Waals surface area contributed by atoms with Crippen molar-refractivity contribution >= 4 is 16.7 Å². The van der Waals surface area contributed by atoms with E-state index in [1.54, 1.807) is 12.1 Å². The van der Waals surface area contributed by atoms with E-state index in [-0.39, 0.29) is 11.6 Å². The molecule has 1 aromatic heterocycles. The molecule has 0 N–H and O–H groups in total. The number of carbonyl (C=O) groups excluding carboxylic acids is 1. The van der Waals surface area contributed by atoms with Gasteiger partial charge in [-0.2, -0.15) is 0 Å². The minimum absolute atomic E-state index is 0.225. The van der Waals surface area contributed by atoms with Gasteiger partial charge in [-0.25, -0.2) is 4.39 Å². The molecule has 6 rings (SSSR count). The predicted octanol–water partition coefficient (Wildman–Crippen LogP) is 9.20. The summed E-state index contributed by atoms with van der Waals surface area (Å²) in [4.78, 5) is 13.0. The van der Waals surface area contributed by atoms with Gasteiger partial charge in [0.2, 0.25) is 0 Å². The first-order chi connectivity index (χ1) is 18.6. The second kappa shape index (κ2) is 11.3. The van der Waals surface area contributed by atoms with Crippen LogP contribution in [0.15, 0.2) is 85.1 Å². The van der Waals surface area contributed by atoms with Crippen molar-refractivity contribution in [3.05, 3.63) is 102 Å². The van der Waals surface area contributed by atoms with Crippen LogP contribution in [0.3, 0.4) is 0 Å². The van der Waals surface area contributed by atoms with Crippen molar-refractivity contribution in [1.29, 1.82) is 0 Å². The number of fused-ring (bicyclic) bond motifs is 3. The van der Waals surface area contributed by atoms with E-state index in [4.69, 9.17) is 0 Å². The Morgan fingerprint density at radius 3 is 2.37 bits per heavy atom. The number of aryl methyl sites for hydroxylation is 1. The number of hydrogen-bond donors (Lipinski definition) is 0. The second-order valence-electron chi connectivity index (χ2n) is 11.7. The Morgan fingerprint density at radius 2 is 1.61 bits per heavy atom. The van der Waals surface area contributed by atoms with Gasteiger partial charge in [0.1, 0.15) is 5.82 Å². The van der Waals surface area contributed by atoms with Crippen LogP contribution >= 0.6 is 0 Å². The fraction of sp³-hybridized carbons (Fsp3) is 0.400. The largest absolute Gasteiger partial charge is 0.317 e. The predicted molar refractivity (Wildman–Crippen MR) is 153 cm³/mol. The third-order valence-corrected chi connectivity index (χ3v) is 9.39. The van der Waals surface area contributed by atoms with Crippen molar-refractivity contribution in [2.24, 2.45) is 23.7 Å². The maximum atomic E-state index is 13.4. The van der Waals surface area contributed by atoms with Gasteiger partial charge in [0.15, 0.2) is 5.78 Å². The SMILES string of the molecule is O=C(CCCC[C@@H]1C[C@H]2CC[C@@H](C1)C2CCc1ccccc1)c1ccc2ccn(-c3ccc(F)cc3)c2c1. The maximum absolute atomic E-state index is 13.4. The zero-order chi connectivity index (χ0) is 25.9. The Hall–Kier alpha value is -3.20. The molecule has 2 aliphatic rings. The molecule has 0 radical (unpaired) electrons. The summed E-state index contributed by atoms with van der Waals surface area (Å²) in [6.45, 7) is 0. The lowest BCUT2D eigenvalue weighted by Crippen LogP contribution is -2.26. The summed E-state index contributed by atoms with van der Waals surface area (Å²) in [5.41, 5.74) is 4.15. The zero-order valence-electron chi connectivity index (χ0n) is 22.2. The Balaban J connectivity index is 0.988. The molecule has 1 heterocycles. The molecule has 0 saturated heterocycles. The van der Waals surface area contributed by atoms with Crippen LogP contribution < -0.4 is 0 Å². The van der Waals surface area contributed by atoms with Crippen molar-refractivity contribution in [1.82, 2.24) is 4.57 Å². The summed E-state index contributed by atoms with van der Waals surface area (Å²) in [6, 6.07) is 25.5. The number of nitrogens with zero attached hydrogens (tertiary/aromatic N) is 1. The minimum atomic E-state index is -0.246. The number of ketones is 1. The Morgan fingerprint density at radius 1 is 0.842 bits per heavy atom. The average Bonchev–Trinajstić information content (AvgIpc) is 3.47. The first kappa shape index (κ1) is 25.1. The summed E-state index contributed by atoms with van der Waals surface area (Å²) in [5, 5.41) is 1.08. The lowest BCUT2D eigenvalue weighted by molar-refractivity contribution is 0.0976. The molecule has 3 aromatic carbocycles. The lowest BCUT2D eigenvalue weighted by atomic mass is 9.70. The summed E-state index contributed by atoms with van der Waals surface area (Å²) >= 11 is 0. The molecule has 2 fully saturated rings. The number of carbonyl (C=O) groups is 1. The van der Waals surface area contributed by atoms with E-state index in [0.29, 0.717) is 6.42 Å². The number of aromatic nitrogens is 1. The second-order valence-corrected chi connectivity index (χ2v) is 11.7. The molecule has 1 unspecified atom stereocenters. The molecule has 2 nitrogen and oxygen atoms in total. The van der Waals surface area contributed by atoms with Crippen LogP contribution in [0.4, 0.5) is 4.39 Å². The summed E-state index contributed by atoms with van der Waals surface area (Å²) in [7, 11) is 0. The van der Waals surface area contributed by atoms with Crippen LogP contribution in [-0.4, -0.2) is 10.4 Å². The third-order valence-electron chi connectivity index (χ3n) is 9.39. The van der Waals surface area contributed by atoms with Gasteiger partial charge >= 0.3 is 0 Å². The topological polar surface area (TPSA) is 22.0 Å². The van der Waals surface area contributed by atoms with Crippen LogP contribution in [-0.2, 0) is 6.42 Å². The highest BCUT2D eigenvalue weighted by Gasteiger charge is 2.41. The molecule has 2 saturated carbocycles. The summed E-state index contributed by atoms with van der Waals surface area (Å²) in [6.07, 6.45) is 14.2. The molecule has 2 bridgehead atoms. The van der Waals surface area contributed by atoms with E-state index in [1.807, 2.05) is 35.0 Å². The van der Waals surface area contributed by atoms with Gasteiger partial charge in [-0.15, -0.1) is 0 Å².